The highest BCUT2D eigenvalue weighted by atomic mass is 32.2. The number of para-hydroxylation sites is 1. The number of hydrogen-bond donors (Lipinski definition) is 0. The van der Waals surface area contributed by atoms with E-state index >= 15 is 0 Å². The molecule has 0 saturated carbocycles. The lowest BCUT2D eigenvalue weighted by Crippen LogP contribution is -2.52. The summed E-state index contributed by atoms with van der Waals surface area (Å²) in [5.41, 5.74) is 1.02. The molecular formula is C24H28N4O3S3. The third-order valence-electron chi connectivity index (χ3n) is 6.63. The number of thiazole rings is 1. The Morgan fingerprint density at radius 2 is 1.65 bits per heavy atom. The fourth-order valence-corrected chi connectivity index (χ4v) is 8.30. The molecule has 2 aliphatic rings. The van der Waals surface area contributed by atoms with E-state index in [9.17, 15) is 13.2 Å². The van der Waals surface area contributed by atoms with Gasteiger partial charge < -0.3 is 9.80 Å². The number of carbonyl (C=O) groups is 1. The second-order valence-electron chi connectivity index (χ2n) is 8.61. The summed E-state index contributed by atoms with van der Waals surface area (Å²) in [4.78, 5) is 23.2. The van der Waals surface area contributed by atoms with Crippen LogP contribution in [0.15, 0.2) is 58.3 Å². The molecule has 2 aliphatic heterocycles. The summed E-state index contributed by atoms with van der Waals surface area (Å²) in [6, 6.07) is 15.3. The average Bonchev–Trinajstić information content (AvgIpc) is 3.33. The monoisotopic (exact) mass is 516 g/mol. The molecule has 0 spiro atoms. The first-order valence-corrected chi connectivity index (χ1v) is 15.0. The summed E-state index contributed by atoms with van der Waals surface area (Å²) in [5, 5.41) is 1.01. The Morgan fingerprint density at radius 1 is 0.971 bits per heavy atom. The van der Waals surface area contributed by atoms with E-state index in [0.717, 1.165) is 28.6 Å². The zero-order valence-corrected chi connectivity index (χ0v) is 21.5. The Balaban J connectivity index is 1.17. The maximum absolute atomic E-state index is 13.2. The molecule has 2 saturated heterocycles. The molecule has 3 heterocycles. The van der Waals surface area contributed by atoms with Crippen molar-refractivity contribution in [1.29, 1.82) is 0 Å². The Kier molecular flexibility index (Phi) is 6.83. The molecule has 2 aromatic carbocycles. The number of thioether (sulfide) groups is 1. The summed E-state index contributed by atoms with van der Waals surface area (Å²) in [7, 11) is -3.55. The molecule has 2 fully saturated rings. The number of rotatable bonds is 5. The molecule has 10 heteroatoms. The zero-order valence-electron chi connectivity index (χ0n) is 19.1. The lowest BCUT2D eigenvalue weighted by atomic mass is 9.96. The lowest BCUT2D eigenvalue weighted by molar-refractivity contribution is -0.137. The summed E-state index contributed by atoms with van der Waals surface area (Å²) < 4.78 is 29.1. The van der Waals surface area contributed by atoms with Crippen LogP contribution in [0.2, 0.25) is 0 Å². The van der Waals surface area contributed by atoms with Crippen molar-refractivity contribution in [3.05, 3.63) is 48.5 Å². The molecule has 1 amide bonds. The zero-order chi connectivity index (χ0) is 23.7. The van der Waals surface area contributed by atoms with Crippen LogP contribution in [0, 0.1) is 5.92 Å². The van der Waals surface area contributed by atoms with Crippen molar-refractivity contribution in [3.63, 3.8) is 0 Å². The molecule has 34 heavy (non-hydrogen) atoms. The van der Waals surface area contributed by atoms with Gasteiger partial charge in [-0.25, -0.2) is 13.4 Å². The molecule has 0 radical (unpaired) electrons. The van der Waals surface area contributed by atoms with Crippen molar-refractivity contribution in [3.8, 4) is 0 Å². The van der Waals surface area contributed by atoms with E-state index in [1.165, 1.54) is 20.8 Å². The minimum Gasteiger partial charge on any atom is -0.345 e. The van der Waals surface area contributed by atoms with E-state index < -0.39 is 10.0 Å². The SMILES string of the molecule is CSc1ccccc1S(=O)(=O)N1CCC(C(=O)N2CCN(c3nc4ccccc4s3)CC2)CC1. The highest BCUT2D eigenvalue weighted by molar-refractivity contribution is 7.99. The number of amides is 1. The first-order valence-electron chi connectivity index (χ1n) is 11.5. The van der Waals surface area contributed by atoms with Gasteiger partial charge in [0.15, 0.2) is 5.13 Å². The Labute approximate surface area is 208 Å². The fourth-order valence-electron chi connectivity index (χ4n) is 4.69. The molecular weight excluding hydrogens is 488 g/mol. The topological polar surface area (TPSA) is 73.8 Å². The van der Waals surface area contributed by atoms with E-state index in [2.05, 4.69) is 11.0 Å². The van der Waals surface area contributed by atoms with Gasteiger partial charge in [-0.05, 0) is 43.4 Å². The number of aromatic nitrogens is 1. The van der Waals surface area contributed by atoms with Gasteiger partial charge in [-0.2, -0.15) is 4.31 Å². The summed E-state index contributed by atoms with van der Waals surface area (Å²) in [6.45, 7) is 3.65. The standard InChI is InChI=1S/C24H28N4O3S3/c1-32-21-8-4-5-9-22(21)34(30,31)28-12-10-18(11-13-28)23(29)26-14-16-27(17-15-26)24-25-19-6-2-3-7-20(19)33-24/h2-9,18H,10-17H2,1H3. The first-order chi connectivity index (χ1) is 16.5. The second-order valence-corrected chi connectivity index (χ2v) is 12.4. The molecule has 0 atom stereocenters. The number of piperazine rings is 1. The van der Waals surface area contributed by atoms with Gasteiger partial charge in [0.05, 0.1) is 15.1 Å². The van der Waals surface area contributed by atoms with Crippen molar-refractivity contribution in [2.75, 3.05) is 50.4 Å². The van der Waals surface area contributed by atoms with Crippen molar-refractivity contribution in [2.24, 2.45) is 5.92 Å². The van der Waals surface area contributed by atoms with Crippen LogP contribution in [0.1, 0.15) is 12.8 Å². The molecule has 3 aromatic rings. The number of carbonyl (C=O) groups excluding carboxylic acids is 1. The molecule has 7 nitrogen and oxygen atoms in total. The van der Waals surface area contributed by atoms with Crippen LogP contribution in [0.25, 0.3) is 10.2 Å². The minimum atomic E-state index is -3.55. The predicted molar refractivity (Wildman–Crippen MR) is 138 cm³/mol. The largest absolute Gasteiger partial charge is 0.345 e. The molecule has 0 bridgehead atoms. The van der Waals surface area contributed by atoms with Gasteiger partial charge in [-0.1, -0.05) is 35.6 Å². The molecule has 180 valence electrons. The highest BCUT2D eigenvalue weighted by Gasteiger charge is 2.35. The maximum atomic E-state index is 13.2. The van der Waals surface area contributed by atoms with E-state index in [4.69, 9.17) is 4.98 Å². The van der Waals surface area contributed by atoms with Gasteiger partial charge in [-0.15, -0.1) is 11.8 Å². The third kappa shape index (κ3) is 4.56. The van der Waals surface area contributed by atoms with Crippen molar-refractivity contribution < 1.29 is 13.2 Å². The normalized spacial score (nSPS) is 18.5. The minimum absolute atomic E-state index is 0.115. The van der Waals surface area contributed by atoms with Crippen LogP contribution in [-0.4, -0.2) is 74.0 Å². The Hall–Kier alpha value is -2.14. The van der Waals surface area contributed by atoms with Crippen molar-refractivity contribution in [1.82, 2.24) is 14.2 Å². The summed E-state index contributed by atoms with van der Waals surface area (Å²) in [6.07, 6.45) is 3.02. The van der Waals surface area contributed by atoms with Gasteiger partial charge in [0.1, 0.15) is 0 Å². The van der Waals surface area contributed by atoms with Crippen LogP contribution < -0.4 is 4.90 Å². The number of anilines is 1. The van der Waals surface area contributed by atoms with E-state index in [1.807, 2.05) is 41.5 Å². The summed E-state index contributed by atoms with van der Waals surface area (Å²) >= 11 is 3.13. The number of nitrogens with zero attached hydrogens (tertiary/aromatic N) is 4. The highest BCUT2D eigenvalue weighted by Crippen LogP contribution is 2.32. The van der Waals surface area contributed by atoms with Crippen LogP contribution >= 0.6 is 23.1 Å². The lowest BCUT2D eigenvalue weighted by Gasteiger charge is -2.38. The molecule has 0 N–H and O–H groups in total. The number of hydrogen-bond acceptors (Lipinski definition) is 7. The first kappa shape index (κ1) is 23.6. The van der Waals surface area contributed by atoms with Crippen LogP contribution in [-0.2, 0) is 14.8 Å². The van der Waals surface area contributed by atoms with E-state index in [0.29, 0.717) is 43.9 Å². The van der Waals surface area contributed by atoms with Gasteiger partial charge in [0.2, 0.25) is 15.9 Å². The molecule has 0 unspecified atom stereocenters. The molecule has 1 aromatic heterocycles. The number of fused-ring (bicyclic) bond motifs is 1. The predicted octanol–water partition coefficient (Wildman–Crippen LogP) is 3.77. The maximum Gasteiger partial charge on any atom is 0.244 e. The van der Waals surface area contributed by atoms with Gasteiger partial charge in [0, 0.05) is 50.1 Å². The molecule has 0 aliphatic carbocycles. The van der Waals surface area contributed by atoms with Crippen LogP contribution in [0.4, 0.5) is 5.13 Å². The number of benzene rings is 2. The molecule has 5 rings (SSSR count). The third-order valence-corrected chi connectivity index (χ3v) is 10.6. The Bertz CT molecular complexity index is 1240. The number of sulfonamides is 1. The van der Waals surface area contributed by atoms with Crippen LogP contribution in [0.5, 0.6) is 0 Å². The van der Waals surface area contributed by atoms with Crippen molar-refractivity contribution in [2.45, 2.75) is 22.6 Å². The average molecular weight is 517 g/mol. The number of piperidine rings is 1. The fraction of sp³-hybridized carbons (Fsp3) is 0.417. The summed E-state index contributed by atoms with van der Waals surface area (Å²) in [5.74, 6) is 0.0433. The second kappa shape index (κ2) is 9.85. The van der Waals surface area contributed by atoms with Crippen molar-refractivity contribution >= 4 is 54.4 Å². The quantitative estimate of drug-likeness (QED) is 0.481. The Morgan fingerprint density at radius 3 is 2.35 bits per heavy atom. The van der Waals surface area contributed by atoms with Gasteiger partial charge in [-0.3, -0.25) is 4.79 Å². The van der Waals surface area contributed by atoms with Gasteiger partial charge in [0.25, 0.3) is 0 Å². The van der Waals surface area contributed by atoms with Gasteiger partial charge >= 0.3 is 0 Å². The van der Waals surface area contributed by atoms with E-state index in [1.54, 1.807) is 23.5 Å². The van der Waals surface area contributed by atoms with E-state index in [-0.39, 0.29) is 11.8 Å². The smallest absolute Gasteiger partial charge is 0.244 e. The van der Waals surface area contributed by atoms with Crippen LogP contribution in [0.3, 0.4) is 0 Å².